The van der Waals surface area contributed by atoms with Crippen molar-refractivity contribution in [3.63, 3.8) is 0 Å². The predicted octanol–water partition coefficient (Wildman–Crippen LogP) is 8.29. The van der Waals surface area contributed by atoms with E-state index in [9.17, 15) is 0 Å². The Bertz CT molecular complexity index is 2100. The van der Waals surface area contributed by atoms with Crippen LogP contribution < -0.4 is 0 Å². The van der Waals surface area contributed by atoms with Gasteiger partial charge in [-0.25, -0.2) is 9.97 Å². The van der Waals surface area contributed by atoms with E-state index in [2.05, 4.69) is 77.4 Å². The van der Waals surface area contributed by atoms with Crippen LogP contribution in [0.2, 0.25) is 0 Å². The largest absolute Gasteiger partial charge is 0.454 e. The highest BCUT2D eigenvalue weighted by Gasteiger charge is 2.21. The van der Waals surface area contributed by atoms with Crippen LogP contribution in [0.4, 0.5) is 0 Å². The maximum absolute atomic E-state index is 6.48. The number of aromatic nitrogens is 3. The van der Waals surface area contributed by atoms with Gasteiger partial charge in [0.1, 0.15) is 11.1 Å². The van der Waals surface area contributed by atoms with Crippen molar-refractivity contribution in [2.75, 3.05) is 0 Å². The molecule has 0 atom stereocenters. The van der Waals surface area contributed by atoms with E-state index in [0.29, 0.717) is 5.95 Å². The molecule has 0 radical (unpaired) electrons. The fourth-order valence-corrected chi connectivity index (χ4v) is 5.42. The minimum atomic E-state index is 0.631. The molecule has 0 aliphatic heterocycles. The van der Waals surface area contributed by atoms with Crippen molar-refractivity contribution in [1.29, 1.82) is 0 Å². The highest BCUT2D eigenvalue weighted by molar-refractivity contribution is 6.21. The van der Waals surface area contributed by atoms with E-state index in [-0.39, 0.29) is 0 Å². The Kier molecular flexibility index (Phi) is 3.91. The molecule has 4 nitrogen and oxygen atoms in total. The van der Waals surface area contributed by atoms with Gasteiger partial charge >= 0.3 is 0 Å². The molecule has 0 fully saturated rings. The van der Waals surface area contributed by atoms with Crippen LogP contribution in [0.15, 0.2) is 120 Å². The van der Waals surface area contributed by atoms with E-state index in [0.717, 1.165) is 65.9 Å². The fourth-order valence-electron chi connectivity index (χ4n) is 5.42. The number of benzene rings is 5. The van der Waals surface area contributed by atoms with Crippen LogP contribution in [-0.4, -0.2) is 14.5 Å². The molecule has 0 aliphatic carbocycles. The normalized spacial score (nSPS) is 11.9. The molecule has 0 aliphatic rings. The zero-order valence-corrected chi connectivity index (χ0v) is 19.2. The SMILES string of the molecule is c1ccc(-c2nc(-n3c4ccccc4c4ccc5c6ccccc6oc5c43)nc3ccccc23)cc1. The molecule has 0 amide bonds. The van der Waals surface area contributed by atoms with E-state index < -0.39 is 0 Å². The van der Waals surface area contributed by atoms with E-state index >= 15 is 0 Å². The first-order chi connectivity index (χ1) is 17.9. The fraction of sp³-hybridized carbons (Fsp3) is 0. The molecule has 0 bridgehead atoms. The Balaban J connectivity index is 1.57. The average Bonchev–Trinajstić information content (AvgIpc) is 3.49. The Morgan fingerprint density at radius 3 is 2.11 bits per heavy atom. The zero-order valence-electron chi connectivity index (χ0n) is 19.2. The first-order valence-corrected chi connectivity index (χ1v) is 12.0. The Morgan fingerprint density at radius 1 is 0.528 bits per heavy atom. The number of furan rings is 1. The highest BCUT2D eigenvalue weighted by Crippen LogP contribution is 2.40. The lowest BCUT2D eigenvalue weighted by molar-refractivity contribution is 0.671. The van der Waals surface area contributed by atoms with Gasteiger partial charge in [-0.05, 0) is 24.3 Å². The van der Waals surface area contributed by atoms with Crippen LogP contribution in [0.1, 0.15) is 0 Å². The Labute approximate surface area is 206 Å². The zero-order chi connectivity index (χ0) is 23.6. The molecule has 0 saturated carbocycles. The van der Waals surface area contributed by atoms with E-state index in [1.54, 1.807) is 0 Å². The minimum Gasteiger partial charge on any atom is -0.454 e. The van der Waals surface area contributed by atoms with Crippen molar-refractivity contribution >= 4 is 54.6 Å². The lowest BCUT2D eigenvalue weighted by Crippen LogP contribution is -2.03. The van der Waals surface area contributed by atoms with Crippen molar-refractivity contribution in [1.82, 2.24) is 14.5 Å². The number of hydrogen-bond acceptors (Lipinski definition) is 3. The summed E-state index contributed by atoms with van der Waals surface area (Å²) in [6.45, 7) is 0. The molecule has 36 heavy (non-hydrogen) atoms. The lowest BCUT2D eigenvalue weighted by Gasteiger charge is -2.11. The molecule has 8 rings (SSSR count). The molecule has 0 unspecified atom stereocenters. The molecule has 0 N–H and O–H groups in total. The van der Waals surface area contributed by atoms with Gasteiger partial charge in [0.15, 0.2) is 5.58 Å². The summed E-state index contributed by atoms with van der Waals surface area (Å²) in [4.78, 5) is 10.3. The van der Waals surface area contributed by atoms with Crippen molar-refractivity contribution in [3.05, 3.63) is 115 Å². The third kappa shape index (κ3) is 2.64. The summed E-state index contributed by atoms with van der Waals surface area (Å²) in [6, 6.07) is 39.5. The molecule has 0 spiro atoms. The number of fused-ring (bicyclic) bond motifs is 8. The van der Waals surface area contributed by atoms with Gasteiger partial charge in [-0.1, -0.05) is 91.0 Å². The maximum Gasteiger partial charge on any atom is 0.235 e. The topological polar surface area (TPSA) is 43.9 Å². The second kappa shape index (κ2) is 7.27. The standard InChI is InChI=1S/C32H19N3O/c1-2-10-20(11-3-1)29-25-14-4-7-15-26(25)33-32(34-29)35-27-16-8-5-12-21(27)23-18-19-24-22-13-6-9-17-28(22)36-31(24)30(23)35/h1-19H. The summed E-state index contributed by atoms with van der Waals surface area (Å²) in [5.74, 6) is 0.631. The van der Waals surface area contributed by atoms with Crippen molar-refractivity contribution < 1.29 is 4.42 Å². The maximum atomic E-state index is 6.48. The van der Waals surface area contributed by atoms with Crippen molar-refractivity contribution in [3.8, 4) is 17.2 Å². The predicted molar refractivity (Wildman–Crippen MR) is 147 cm³/mol. The van der Waals surface area contributed by atoms with Gasteiger partial charge in [-0.2, -0.15) is 0 Å². The van der Waals surface area contributed by atoms with Crippen LogP contribution in [0, 0.1) is 0 Å². The Hall–Kier alpha value is -4.96. The quantitative estimate of drug-likeness (QED) is 0.260. The monoisotopic (exact) mass is 461 g/mol. The van der Waals surface area contributed by atoms with Crippen LogP contribution >= 0.6 is 0 Å². The van der Waals surface area contributed by atoms with E-state index in [1.165, 1.54) is 0 Å². The number of rotatable bonds is 2. The van der Waals surface area contributed by atoms with E-state index in [4.69, 9.17) is 14.4 Å². The summed E-state index contributed by atoms with van der Waals surface area (Å²) in [5.41, 5.74) is 6.65. The van der Waals surface area contributed by atoms with Crippen LogP contribution in [0.25, 0.3) is 71.9 Å². The number of para-hydroxylation sites is 3. The highest BCUT2D eigenvalue weighted by atomic mass is 16.3. The van der Waals surface area contributed by atoms with Gasteiger partial charge < -0.3 is 4.42 Å². The van der Waals surface area contributed by atoms with Crippen LogP contribution in [-0.2, 0) is 0 Å². The molecule has 3 aromatic heterocycles. The van der Waals surface area contributed by atoms with E-state index in [1.807, 2.05) is 42.5 Å². The van der Waals surface area contributed by atoms with Crippen LogP contribution in [0.3, 0.4) is 0 Å². The molecular weight excluding hydrogens is 442 g/mol. The summed E-state index contributed by atoms with van der Waals surface area (Å²) in [5, 5.41) is 5.49. The molecule has 8 aromatic rings. The van der Waals surface area contributed by atoms with Crippen molar-refractivity contribution in [2.24, 2.45) is 0 Å². The summed E-state index contributed by atoms with van der Waals surface area (Å²) in [6.07, 6.45) is 0. The van der Waals surface area contributed by atoms with Gasteiger partial charge in [-0.3, -0.25) is 4.57 Å². The summed E-state index contributed by atoms with van der Waals surface area (Å²) >= 11 is 0. The third-order valence-electron chi connectivity index (χ3n) is 7.02. The molecule has 3 heterocycles. The van der Waals surface area contributed by atoms with Gasteiger partial charge in [-0.15, -0.1) is 0 Å². The average molecular weight is 462 g/mol. The lowest BCUT2D eigenvalue weighted by atomic mass is 10.1. The number of hydrogen-bond donors (Lipinski definition) is 0. The first kappa shape index (κ1) is 19.4. The minimum absolute atomic E-state index is 0.631. The first-order valence-electron chi connectivity index (χ1n) is 12.0. The molecule has 5 aromatic carbocycles. The number of nitrogens with zero attached hydrogens (tertiary/aromatic N) is 3. The summed E-state index contributed by atoms with van der Waals surface area (Å²) < 4.78 is 8.64. The molecule has 168 valence electrons. The van der Waals surface area contributed by atoms with Crippen molar-refractivity contribution in [2.45, 2.75) is 0 Å². The smallest absolute Gasteiger partial charge is 0.235 e. The Morgan fingerprint density at radius 2 is 1.22 bits per heavy atom. The van der Waals surface area contributed by atoms with Gasteiger partial charge in [0.05, 0.1) is 16.7 Å². The molecule has 4 heteroatoms. The van der Waals surface area contributed by atoms with Gasteiger partial charge in [0.25, 0.3) is 0 Å². The second-order valence-corrected chi connectivity index (χ2v) is 9.04. The second-order valence-electron chi connectivity index (χ2n) is 9.04. The third-order valence-corrected chi connectivity index (χ3v) is 7.02. The van der Waals surface area contributed by atoms with Gasteiger partial charge in [0, 0.05) is 32.5 Å². The van der Waals surface area contributed by atoms with Gasteiger partial charge in [0.2, 0.25) is 5.95 Å². The molecule has 0 saturated heterocycles. The molecular formula is C32H19N3O. The summed E-state index contributed by atoms with van der Waals surface area (Å²) in [7, 11) is 0. The van der Waals surface area contributed by atoms with Crippen LogP contribution in [0.5, 0.6) is 0 Å².